The van der Waals surface area contributed by atoms with Gasteiger partial charge in [-0.2, -0.15) is 0 Å². The molecule has 0 bridgehead atoms. The van der Waals surface area contributed by atoms with Gasteiger partial charge in [-0.25, -0.2) is 4.98 Å². The van der Waals surface area contributed by atoms with Crippen molar-refractivity contribution in [2.75, 3.05) is 0 Å². The smallest absolute Gasteiger partial charge is 0.173 e. The number of benzene rings is 1. The Morgan fingerprint density at radius 2 is 2.05 bits per heavy atom. The van der Waals surface area contributed by atoms with Crippen molar-refractivity contribution in [1.29, 1.82) is 0 Å². The third-order valence-corrected chi connectivity index (χ3v) is 4.15. The number of furan rings is 1. The summed E-state index contributed by atoms with van der Waals surface area (Å²) in [7, 11) is 0. The standard InChI is InChI=1S/C17H15NO2S/c1-2-16-13(8-9-20-16)15(19)10-17-18-14(11-21-17)12-6-4-3-5-7-12/h3-9,11H,2,10H2,1H3. The normalized spacial score (nSPS) is 10.7. The fraction of sp³-hybridized carbons (Fsp3) is 0.176. The summed E-state index contributed by atoms with van der Waals surface area (Å²) in [5.41, 5.74) is 2.67. The molecule has 3 aromatic rings. The third kappa shape index (κ3) is 2.95. The molecular formula is C17H15NO2S. The molecule has 0 aliphatic heterocycles. The number of Topliss-reactive ketones (excluding diaryl/α,β-unsaturated/α-hetero) is 1. The maximum Gasteiger partial charge on any atom is 0.173 e. The molecule has 0 fully saturated rings. The van der Waals surface area contributed by atoms with Crippen molar-refractivity contribution in [3.05, 3.63) is 64.4 Å². The van der Waals surface area contributed by atoms with E-state index in [0.717, 1.165) is 28.4 Å². The van der Waals surface area contributed by atoms with Crippen LogP contribution in [0.2, 0.25) is 0 Å². The Bertz CT molecular complexity index is 743. The van der Waals surface area contributed by atoms with Gasteiger partial charge >= 0.3 is 0 Å². The van der Waals surface area contributed by atoms with Crippen LogP contribution in [0.1, 0.15) is 28.0 Å². The number of thiazole rings is 1. The van der Waals surface area contributed by atoms with Gasteiger partial charge in [-0.3, -0.25) is 4.79 Å². The molecule has 21 heavy (non-hydrogen) atoms. The van der Waals surface area contributed by atoms with E-state index >= 15 is 0 Å². The van der Waals surface area contributed by atoms with Gasteiger partial charge in [0.1, 0.15) is 10.8 Å². The molecule has 1 aromatic carbocycles. The fourth-order valence-electron chi connectivity index (χ4n) is 2.23. The third-order valence-electron chi connectivity index (χ3n) is 3.30. The summed E-state index contributed by atoms with van der Waals surface area (Å²) in [6.45, 7) is 1.98. The summed E-state index contributed by atoms with van der Waals surface area (Å²) in [6, 6.07) is 11.7. The summed E-state index contributed by atoms with van der Waals surface area (Å²) in [6.07, 6.45) is 2.62. The van der Waals surface area contributed by atoms with Crippen LogP contribution in [0.4, 0.5) is 0 Å². The zero-order chi connectivity index (χ0) is 14.7. The number of ketones is 1. The molecule has 0 unspecified atom stereocenters. The SMILES string of the molecule is CCc1occc1C(=O)Cc1nc(-c2ccccc2)cs1. The second kappa shape index (κ2) is 6.06. The van der Waals surface area contributed by atoms with E-state index in [9.17, 15) is 4.79 Å². The highest BCUT2D eigenvalue weighted by Gasteiger charge is 2.15. The number of hydrogen-bond acceptors (Lipinski definition) is 4. The molecule has 0 N–H and O–H groups in total. The number of hydrogen-bond donors (Lipinski definition) is 0. The van der Waals surface area contributed by atoms with Crippen LogP contribution in [0, 0.1) is 0 Å². The van der Waals surface area contributed by atoms with Crippen molar-refractivity contribution in [3.63, 3.8) is 0 Å². The number of carbonyl (C=O) groups excluding carboxylic acids is 1. The molecule has 0 spiro atoms. The van der Waals surface area contributed by atoms with Crippen molar-refractivity contribution in [1.82, 2.24) is 4.98 Å². The molecule has 0 aliphatic rings. The average molecular weight is 297 g/mol. The van der Waals surface area contributed by atoms with Crippen molar-refractivity contribution in [3.8, 4) is 11.3 Å². The lowest BCUT2D eigenvalue weighted by Crippen LogP contribution is -2.04. The summed E-state index contributed by atoms with van der Waals surface area (Å²) in [4.78, 5) is 16.9. The van der Waals surface area contributed by atoms with E-state index in [2.05, 4.69) is 4.98 Å². The van der Waals surface area contributed by atoms with Crippen LogP contribution in [0.5, 0.6) is 0 Å². The van der Waals surface area contributed by atoms with Crippen molar-refractivity contribution >= 4 is 17.1 Å². The fourth-order valence-corrected chi connectivity index (χ4v) is 3.03. The first kappa shape index (κ1) is 13.8. The number of carbonyl (C=O) groups is 1. The maximum absolute atomic E-state index is 12.3. The first-order valence-corrected chi connectivity index (χ1v) is 7.75. The number of aryl methyl sites for hydroxylation is 1. The van der Waals surface area contributed by atoms with Gasteiger partial charge in [0, 0.05) is 17.4 Å². The summed E-state index contributed by atoms with van der Waals surface area (Å²) >= 11 is 1.52. The van der Waals surface area contributed by atoms with Crippen LogP contribution < -0.4 is 0 Å². The lowest BCUT2D eigenvalue weighted by atomic mass is 10.1. The van der Waals surface area contributed by atoms with E-state index < -0.39 is 0 Å². The van der Waals surface area contributed by atoms with Crippen LogP contribution in [-0.4, -0.2) is 10.8 Å². The van der Waals surface area contributed by atoms with Gasteiger partial charge in [0.15, 0.2) is 5.78 Å². The minimum atomic E-state index is 0.0644. The molecule has 0 radical (unpaired) electrons. The topological polar surface area (TPSA) is 43.1 Å². The van der Waals surface area contributed by atoms with Gasteiger partial charge < -0.3 is 4.42 Å². The summed E-state index contributed by atoms with van der Waals surface area (Å²) in [5, 5.41) is 2.83. The van der Waals surface area contributed by atoms with Gasteiger partial charge in [-0.1, -0.05) is 37.3 Å². The Balaban J connectivity index is 1.77. The second-order valence-corrected chi connectivity index (χ2v) is 5.65. The predicted octanol–water partition coefficient (Wildman–Crippen LogP) is 4.39. The van der Waals surface area contributed by atoms with Crippen molar-refractivity contribution in [2.45, 2.75) is 19.8 Å². The van der Waals surface area contributed by atoms with E-state index in [4.69, 9.17) is 4.42 Å². The Morgan fingerprint density at radius 3 is 2.81 bits per heavy atom. The molecule has 0 atom stereocenters. The predicted molar refractivity (Wildman–Crippen MR) is 83.7 cm³/mol. The lowest BCUT2D eigenvalue weighted by Gasteiger charge is -1.98. The minimum Gasteiger partial charge on any atom is -0.469 e. The van der Waals surface area contributed by atoms with Crippen molar-refractivity contribution < 1.29 is 9.21 Å². The molecule has 0 saturated heterocycles. The second-order valence-electron chi connectivity index (χ2n) is 4.70. The molecule has 0 amide bonds. The quantitative estimate of drug-likeness (QED) is 0.656. The molecule has 3 rings (SSSR count). The van der Waals surface area contributed by atoms with Crippen molar-refractivity contribution in [2.24, 2.45) is 0 Å². The summed E-state index contributed by atoms with van der Waals surface area (Å²) in [5.74, 6) is 0.814. The van der Waals surface area contributed by atoms with Crippen LogP contribution in [-0.2, 0) is 12.8 Å². The van der Waals surface area contributed by atoms with E-state index in [1.807, 2.05) is 42.6 Å². The average Bonchev–Trinajstić information content (AvgIpc) is 3.16. The highest BCUT2D eigenvalue weighted by Crippen LogP contribution is 2.23. The Kier molecular flexibility index (Phi) is 3.97. The zero-order valence-corrected chi connectivity index (χ0v) is 12.5. The number of nitrogens with zero attached hydrogens (tertiary/aromatic N) is 1. The van der Waals surface area contributed by atoms with Gasteiger partial charge in [-0.05, 0) is 6.07 Å². The zero-order valence-electron chi connectivity index (χ0n) is 11.7. The first-order valence-electron chi connectivity index (χ1n) is 6.87. The number of aromatic nitrogens is 1. The van der Waals surface area contributed by atoms with Crippen LogP contribution in [0.25, 0.3) is 11.3 Å². The Hall–Kier alpha value is -2.20. The van der Waals surface area contributed by atoms with E-state index in [1.54, 1.807) is 12.3 Å². The Morgan fingerprint density at radius 1 is 1.24 bits per heavy atom. The van der Waals surface area contributed by atoms with Crippen LogP contribution in [0.15, 0.2) is 52.5 Å². The molecule has 106 valence electrons. The van der Waals surface area contributed by atoms with Gasteiger partial charge in [-0.15, -0.1) is 11.3 Å². The Labute approximate surface area is 127 Å². The molecule has 2 heterocycles. The van der Waals surface area contributed by atoms with Crippen LogP contribution >= 0.6 is 11.3 Å². The maximum atomic E-state index is 12.3. The summed E-state index contributed by atoms with van der Waals surface area (Å²) < 4.78 is 5.31. The van der Waals surface area contributed by atoms with Gasteiger partial charge in [0.2, 0.25) is 0 Å². The van der Waals surface area contributed by atoms with Crippen LogP contribution in [0.3, 0.4) is 0 Å². The van der Waals surface area contributed by atoms with E-state index in [-0.39, 0.29) is 5.78 Å². The van der Waals surface area contributed by atoms with Gasteiger partial charge in [0.05, 0.1) is 23.9 Å². The lowest BCUT2D eigenvalue weighted by molar-refractivity contribution is 0.0991. The minimum absolute atomic E-state index is 0.0644. The molecular weight excluding hydrogens is 282 g/mol. The first-order chi connectivity index (χ1) is 10.3. The molecule has 0 saturated carbocycles. The van der Waals surface area contributed by atoms with E-state index in [0.29, 0.717) is 12.0 Å². The highest BCUT2D eigenvalue weighted by molar-refractivity contribution is 7.10. The molecule has 4 heteroatoms. The molecule has 3 nitrogen and oxygen atoms in total. The number of rotatable bonds is 5. The molecule has 0 aliphatic carbocycles. The monoisotopic (exact) mass is 297 g/mol. The largest absolute Gasteiger partial charge is 0.469 e. The van der Waals surface area contributed by atoms with E-state index in [1.165, 1.54) is 11.3 Å². The molecule has 2 aromatic heterocycles. The highest BCUT2D eigenvalue weighted by atomic mass is 32.1. The van der Waals surface area contributed by atoms with Gasteiger partial charge in [0.25, 0.3) is 0 Å².